The van der Waals surface area contributed by atoms with Crippen molar-refractivity contribution in [1.29, 1.82) is 0 Å². The van der Waals surface area contributed by atoms with E-state index in [0.717, 1.165) is 22.4 Å². The van der Waals surface area contributed by atoms with Crippen molar-refractivity contribution in [2.45, 2.75) is 32.6 Å². The second-order valence-electron chi connectivity index (χ2n) is 6.28. The summed E-state index contributed by atoms with van der Waals surface area (Å²) in [7, 11) is 0. The molecular weight excluding hydrogens is 347 g/mol. The van der Waals surface area contributed by atoms with Gasteiger partial charge in [-0.15, -0.1) is 11.6 Å². The molecular formula is C18H18Cl2N2O2. The molecule has 0 saturated heterocycles. The molecule has 1 aliphatic carbocycles. The molecule has 0 bridgehead atoms. The molecule has 1 saturated carbocycles. The van der Waals surface area contributed by atoms with Gasteiger partial charge in [-0.2, -0.15) is 5.10 Å². The van der Waals surface area contributed by atoms with Crippen LogP contribution in [0.4, 0.5) is 0 Å². The fourth-order valence-corrected chi connectivity index (χ4v) is 3.92. The van der Waals surface area contributed by atoms with Crippen LogP contribution in [0, 0.1) is 19.8 Å². The molecule has 0 amide bonds. The molecule has 2 atom stereocenters. The van der Waals surface area contributed by atoms with Crippen LogP contribution in [0.3, 0.4) is 0 Å². The number of Topliss-reactive ketones (excluding diaryl/α,β-unsaturated/α-hetero) is 2. The molecule has 0 radical (unpaired) electrons. The van der Waals surface area contributed by atoms with Crippen LogP contribution < -0.4 is 0 Å². The molecule has 2 unspecified atom stereocenters. The summed E-state index contributed by atoms with van der Waals surface area (Å²) in [5, 5.41) is 4.75. The van der Waals surface area contributed by atoms with Crippen LogP contribution >= 0.6 is 23.2 Å². The van der Waals surface area contributed by atoms with Gasteiger partial charge in [0.1, 0.15) is 11.7 Å². The predicted molar refractivity (Wildman–Crippen MR) is 94.2 cm³/mol. The van der Waals surface area contributed by atoms with Crippen molar-refractivity contribution in [2.24, 2.45) is 5.92 Å². The summed E-state index contributed by atoms with van der Waals surface area (Å²) in [6, 6.07) is 3.86. The largest absolute Gasteiger partial charge is 0.298 e. The van der Waals surface area contributed by atoms with Crippen molar-refractivity contribution in [3.05, 3.63) is 46.2 Å². The fourth-order valence-electron chi connectivity index (χ4n) is 3.52. The van der Waals surface area contributed by atoms with Gasteiger partial charge in [-0.25, -0.2) is 4.68 Å². The van der Waals surface area contributed by atoms with Gasteiger partial charge in [0.05, 0.1) is 16.9 Å². The lowest BCUT2D eigenvalue weighted by Crippen LogP contribution is -2.18. The highest BCUT2D eigenvalue weighted by molar-refractivity contribution is 6.30. The van der Waals surface area contributed by atoms with E-state index in [0.29, 0.717) is 23.7 Å². The molecule has 1 heterocycles. The summed E-state index contributed by atoms with van der Waals surface area (Å²) in [6.07, 6.45) is 4.15. The minimum atomic E-state index is -0.659. The molecule has 24 heavy (non-hydrogen) atoms. The van der Waals surface area contributed by atoms with Gasteiger partial charge in [0, 0.05) is 24.4 Å². The van der Waals surface area contributed by atoms with Crippen molar-refractivity contribution in [2.75, 3.05) is 5.88 Å². The maximum absolute atomic E-state index is 12.7. The van der Waals surface area contributed by atoms with E-state index in [4.69, 9.17) is 23.2 Å². The van der Waals surface area contributed by atoms with Gasteiger partial charge in [-0.05, 0) is 49.1 Å². The number of rotatable bonds is 4. The Labute approximate surface area is 150 Å². The summed E-state index contributed by atoms with van der Waals surface area (Å²) in [5.41, 5.74) is 3.50. The second-order valence-corrected chi connectivity index (χ2v) is 7.09. The van der Waals surface area contributed by atoms with Crippen LogP contribution in [0.15, 0.2) is 24.5 Å². The zero-order valence-corrected chi connectivity index (χ0v) is 15.1. The Morgan fingerprint density at radius 1 is 1.25 bits per heavy atom. The van der Waals surface area contributed by atoms with Crippen LogP contribution in [0.25, 0.3) is 5.69 Å². The fraction of sp³-hybridized carbons (Fsp3) is 0.389. The molecule has 2 aromatic rings. The average Bonchev–Trinajstić information content (AvgIpc) is 3.06. The van der Waals surface area contributed by atoms with E-state index in [2.05, 4.69) is 5.10 Å². The number of aryl methyl sites for hydroxylation is 2. The molecule has 3 rings (SSSR count). The minimum Gasteiger partial charge on any atom is -0.298 e. The molecule has 1 aliphatic rings. The summed E-state index contributed by atoms with van der Waals surface area (Å²) in [4.78, 5) is 25.1. The smallest absolute Gasteiger partial charge is 0.151 e. The first kappa shape index (κ1) is 17.2. The second kappa shape index (κ2) is 6.69. The van der Waals surface area contributed by atoms with E-state index in [1.807, 2.05) is 26.0 Å². The number of nitrogens with zero attached hydrogens (tertiary/aromatic N) is 2. The molecule has 126 valence electrons. The van der Waals surface area contributed by atoms with Crippen LogP contribution in [-0.4, -0.2) is 27.2 Å². The average molecular weight is 365 g/mol. The number of carbonyl (C=O) groups excluding carboxylic acids is 2. The van der Waals surface area contributed by atoms with Gasteiger partial charge >= 0.3 is 0 Å². The van der Waals surface area contributed by atoms with Crippen molar-refractivity contribution < 1.29 is 9.59 Å². The van der Waals surface area contributed by atoms with E-state index in [9.17, 15) is 9.59 Å². The van der Waals surface area contributed by atoms with Gasteiger partial charge in [-0.1, -0.05) is 11.6 Å². The Morgan fingerprint density at radius 2 is 1.92 bits per heavy atom. The third kappa shape index (κ3) is 3.01. The first-order valence-corrected chi connectivity index (χ1v) is 8.77. The molecule has 1 fully saturated rings. The van der Waals surface area contributed by atoms with Crippen molar-refractivity contribution in [3.63, 3.8) is 0 Å². The highest BCUT2D eigenvalue weighted by Crippen LogP contribution is 2.37. The molecule has 0 spiro atoms. The number of hydrogen-bond donors (Lipinski definition) is 0. The highest BCUT2D eigenvalue weighted by atomic mass is 35.5. The predicted octanol–water partition coefficient (Wildman–Crippen LogP) is 4.01. The van der Waals surface area contributed by atoms with Gasteiger partial charge in [0.15, 0.2) is 5.78 Å². The van der Waals surface area contributed by atoms with E-state index < -0.39 is 5.92 Å². The SMILES string of the molecule is Cc1cc(-n2cc(Cl)cn2)cc(C)c1C1C(=O)CC(CCCl)C1=O. The minimum absolute atomic E-state index is 0.00161. The lowest BCUT2D eigenvalue weighted by Gasteiger charge is -2.17. The third-order valence-corrected chi connectivity index (χ3v) is 5.01. The number of halogens is 2. The number of aromatic nitrogens is 2. The standard InChI is InChI=1S/C18H18Cl2N2O2/c1-10-5-14(22-9-13(20)8-21-22)6-11(2)16(10)17-15(23)7-12(3-4-19)18(17)24/h5-6,8-9,12,17H,3-4,7H2,1-2H3. The topological polar surface area (TPSA) is 52.0 Å². The van der Waals surface area contributed by atoms with Gasteiger partial charge < -0.3 is 0 Å². The zero-order chi connectivity index (χ0) is 17.4. The maximum Gasteiger partial charge on any atom is 0.151 e. The Kier molecular flexibility index (Phi) is 4.79. The molecule has 6 heteroatoms. The summed E-state index contributed by atoms with van der Waals surface area (Å²) in [5.74, 6) is -0.511. The maximum atomic E-state index is 12.7. The van der Waals surface area contributed by atoms with E-state index in [1.165, 1.54) is 0 Å². The first-order valence-electron chi connectivity index (χ1n) is 7.86. The highest BCUT2D eigenvalue weighted by Gasteiger charge is 2.42. The van der Waals surface area contributed by atoms with E-state index in [1.54, 1.807) is 17.1 Å². The summed E-state index contributed by atoms with van der Waals surface area (Å²) < 4.78 is 1.68. The van der Waals surface area contributed by atoms with Gasteiger partial charge in [0.25, 0.3) is 0 Å². The molecule has 0 N–H and O–H groups in total. The molecule has 0 aliphatic heterocycles. The lowest BCUT2D eigenvalue weighted by atomic mass is 9.87. The Bertz CT molecular complexity index is 790. The van der Waals surface area contributed by atoms with Gasteiger partial charge in [0.2, 0.25) is 0 Å². The Hall–Kier alpha value is -1.65. The van der Waals surface area contributed by atoms with Crippen molar-refractivity contribution in [1.82, 2.24) is 9.78 Å². The number of ketones is 2. The summed E-state index contributed by atoms with van der Waals surface area (Å²) in [6.45, 7) is 3.85. The van der Waals surface area contributed by atoms with Crippen LogP contribution in [-0.2, 0) is 9.59 Å². The van der Waals surface area contributed by atoms with Crippen LogP contribution in [0.2, 0.25) is 5.02 Å². The Balaban J connectivity index is 2.00. The third-order valence-electron chi connectivity index (χ3n) is 4.60. The summed E-state index contributed by atoms with van der Waals surface area (Å²) >= 11 is 11.7. The number of carbonyl (C=O) groups is 2. The van der Waals surface area contributed by atoms with Gasteiger partial charge in [-0.3, -0.25) is 9.59 Å². The van der Waals surface area contributed by atoms with E-state index in [-0.39, 0.29) is 17.5 Å². The Morgan fingerprint density at radius 3 is 2.46 bits per heavy atom. The van der Waals surface area contributed by atoms with Crippen LogP contribution in [0.1, 0.15) is 35.4 Å². The quantitative estimate of drug-likeness (QED) is 0.608. The van der Waals surface area contributed by atoms with Crippen LogP contribution in [0.5, 0.6) is 0 Å². The van der Waals surface area contributed by atoms with E-state index >= 15 is 0 Å². The lowest BCUT2D eigenvalue weighted by molar-refractivity contribution is -0.124. The molecule has 4 nitrogen and oxygen atoms in total. The number of hydrogen-bond acceptors (Lipinski definition) is 3. The molecule has 1 aromatic heterocycles. The number of alkyl halides is 1. The normalized spacial score (nSPS) is 20.8. The van der Waals surface area contributed by atoms with Crippen molar-refractivity contribution in [3.8, 4) is 5.69 Å². The monoisotopic (exact) mass is 364 g/mol. The first-order chi connectivity index (χ1) is 11.4. The zero-order valence-electron chi connectivity index (χ0n) is 13.6. The number of benzene rings is 1. The molecule has 1 aromatic carbocycles. The van der Waals surface area contributed by atoms with Crippen molar-refractivity contribution >= 4 is 34.8 Å².